The van der Waals surface area contributed by atoms with Gasteiger partial charge in [-0.05, 0) is 36.6 Å². The first kappa shape index (κ1) is 16.1. The minimum Gasteiger partial charge on any atom is -0.494 e. The summed E-state index contributed by atoms with van der Waals surface area (Å²) in [4.78, 5) is 10.7. The number of carbonyl (C=O) groups is 1. The molecule has 0 aromatic heterocycles. The Hall–Kier alpha value is -2.30. The zero-order valence-electron chi connectivity index (χ0n) is 11.8. The fraction of sp³-hybridized carbons (Fsp3) is 0.235. The fourth-order valence-electron chi connectivity index (χ4n) is 2.05. The highest BCUT2D eigenvalue weighted by molar-refractivity contribution is 5.76. The van der Waals surface area contributed by atoms with Crippen molar-refractivity contribution in [3.63, 3.8) is 0 Å². The van der Waals surface area contributed by atoms with Gasteiger partial charge in [-0.2, -0.15) is 13.2 Å². The van der Waals surface area contributed by atoms with E-state index in [1.54, 1.807) is 0 Å². The summed E-state index contributed by atoms with van der Waals surface area (Å²) in [6.07, 6.45) is -2.66. The van der Waals surface area contributed by atoms with Crippen LogP contribution in [0.2, 0.25) is 0 Å². The molecule has 0 spiro atoms. The average molecular weight is 308 g/mol. The number of aldehydes is 1. The van der Waals surface area contributed by atoms with Crippen molar-refractivity contribution in [3.05, 3.63) is 65.2 Å². The van der Waals surface area contributed by atoms with E-state index in [0.717, 1.165) is 24.1 Å². The molecule has 0 saturated carbocycles. The second kappa shape index (κ2) is 7.11. The Morgan fingerprint density at radius 1 is 1.05 bits per heavy atom. The van der Waals surface area contributed by atoms with Crippen molar-refractivity contribution in [1.82, 2.24) is 0 Å². The van der Waals surface area contributed by atoms with Crippen LogP contribution in [0.3, 0.4) is 0 Å². The summed E-state index contributed by atoms with van der Waals surface area (Å²) >= 11 is 0. The van der Waals surface area contributed by atoms with E-state index >= 15 is 0 Å². The first-order valence-corrected chi connectivity index (χ1v) is 6.83. The van der Waals surface area contributed by atoms with E-state index in [9.17, 15) is 18.0 Å². The van der Waals surface area contributed by atoms with E-state index in [4.69, 9.17) is 4.74 Å². The lowest BCUT2D eigenvalue weighted by Gasteiger charge is -2.11. The van der Waals surface area contributed by atoms with Crippen molar-refractivity contribution < 1.29 is 22.7 Å². The Labute approximate surface area is 126 Å². The van der Waals surface area contributed by atoms with Crippen LogP contribution in [0.15, 0.2) is 48.5 Å². The number of benzene rings is 2. The maximum absolute atomic E-state index is 12.7. The molecule has 2 aromatic rings. The van der Waals surface area contributed by atoms with Crippen LogP contribution in [0.5, 0.6) is 5.75 Å². The average Bonchev–Trinajstić information content (AvgIpc) is 2.51. The first-order valence-electron chi connectivity index (χ1n) is 6.83. The molecule has 0 fully saturated rings. The molecular formula is C17H15F3O2. The number of carbonyl (C=O) groups excluding carboxylic acids is 1. The molecule has 2 rings (SSSR count). The first-order chi connectivity index (χ1) is 10.5. The Balaban J connectivity index is 1.96. The number of ether oxygens (including phenoxy) is 1. The lowest BCUT2D eigenvalue weighted by molar-refractivity contribution is -0.137. The molecule has 0 N–H and O–H groups in total. The van der Waals surface area contributed by atoms with Crippen LogP contribution in [-0.4, -0.2) is 12.9 Å². The molecule has 0 unspecified atom stereocenters. The topological polar surface area (TPSA) is 26.3 Å². The molecule has 0 atom stereocenters. The Morgan fingerprint density at radius 3 is 2.41 bits per heavy atom. The molecule has 5 heteroatoms. The molecule has 0 saturated heterocycles. The van der Waals surface area contributed by atoms with Gasteiger partial charge in [0, 0.05) is 5.56 Å². The summed E-state index contributed by atoms with van der Waals surface area (Å²) in [5.41, 5.74) is 0.215. The summed E-state index contributed by atoms with van der Waals surface area (Å²) < 4.78 is 43.5. The van der Waals surface area contributed by atoms with Crippen molar-refractivity contribution in [1.29, 1.82) is 0 Å². The standard InChI is InChI=1S/C17H15F3O2/c18-17(19,20)15-9-14(12-21)10-16(11-15)22-8-4-7-13-5-2-1-3-6-13/h1-3,5-6,9-12H,4,7-8H2. The largest absolute Gasteiger partial charge is 0.494 e. The second-order valence-electron chi connectivity index (χ2n) is 4.84. The van der Waals surface area contributed by atoms with Gasteiger partial charge in [-0.3, -0.25) is 4.79 Å². The molecule has 116 valence electrons. The SMILES string of the molecule is O=Cc1cc(OCCCc2ccccc2)cc(C(F)(F)F)c1. The number of hydrogen-bond acceptors (Lipinski definition) is 2. The van der Waals surface area contributed by atoms with Gasteiger partial charge in [0.1, 0.15) is 12.0 Å². The maximum Gasteiger partial charge on any atom is 0.416 e. The third kappa shape index (κ3) is 4.62. The van der Waals surface area contributed by atoms with Crippen LogP contribution in [0.1, 0.15) is 27.9 Å². The van der Waals surface area contributed by atoms with E-state index in [1.165, 1.54) is 6.07 Å². The number of halogens is 3. The highest BCUT2D eigenvalue weighted by atomic mass is 19.4. The number of alkyl halides is 3. The van der Waals surface area contributed by atoms with E-state index in [0.29, 0.717) is 12.7 Å². The van der Waals surface area contributed by atoms with Crippen LogP contribution in [0, 0.1) is 0 Å². The number of hydrogen-bond donors (Lipinski definition) is 0. The quantitative estimate of drug-likeness (QED) is 0.579. The molecule has 0 aliphatic rings. The summed E-state index contributed by atoms with van der Waals surface area (Å²) in [7, 11) is 0. The van der Waals surface area contributed by atoms with Crippen LogP contribution < -0.4 is 4.74 Å². The highest BCUT2D eigenvalue weighted by Crippen LogP contribution is 2.32. The van der Waals surface area contributed by atoms with E-state index in [-0.39, 0.29) is 17.9 Å². The van der Waals surface area contributed by atoms with Crippen LogP contribution in [0.4, 0.5) is 13.2 Å². The van der Waals surface area contributed by atoms with Gasteiger partial charge in [-0.15, -0.1) is 0 Å². The van der Waals surface area contributed by atoms with E-state index in [1.807, 2.05) is 30.3 Å². The predicted molar refractivity (Wildman–Crippen MR) is 77.1 cm³/mol. The zero-order chi connectivity index (χ0) is 16.0. The smallest absolute Gasteiger partial charge is 0.416 e. The summed E-state index contributed by atoms with van der Waals surface area (Å²) in [5.74, 6) is 0.0602. The molecule has 0 aliphatic heterocycles. The number of rotatable bonds is 6. The maximum atomic E-state index is 12.7. The summed E-state index contributed by atoms with van der Waals surface area (Å²) in [6, 6.07) is 12.8. The van der Waals surface area contributed by atoms with Crippen molar-refractivity contribution in [2.75, 3.05) is 6.61 Å². The molecular weight excluding hydrogens is 293 g/mol. The normalized spacial score (nSPS) is 11.2. The van der Waals surface area contributed by atoms with Gasteiger partial charge in [-0.1, -0.05) is 30.3 Å². The zero-order valence-corrected chi connectivity index (χ0v) is 11.8. The van der Waals surface area contributed by atoms with Gasteiger partial charge in [-0.25, -0.2) is 0 Å². The van der Waals surface area contributed by atoms with Gasteiger partial charge in [0.05, 0.1) is 12.2 Å². The molecule has 0 aliphatic carbocycles. The van der Waals surface area contributed by atoms with Crippen molar-refractivity contribution in [2.24, 2.45) is 0 Å². The summed E-state index contributed by atoms with van der Waals surface area (Å²) in [5, 5.41) is 0. The van der Waals surface area contributed by atoms with Crippen molar-refractivity contribution >= 4 is 6.29 Å². The molecule has 2 aromatic carbocycles. The molecule has 2 nitrogen and oxygen atoms in total. The Bertz CT molecular complexity index is 622. The molecule has 0 amide bonds. The van der Waals surface area contributed by atoms with Crippen LogP contribution in [0.25, 0.3) is 0 Å². The molecule has 0 heterocycles. The molecule has 0 radical (unpaired) electrons. The van der Waals surface area contributed by atoms with Gasteiger partial charge in [0.25, 0.3) is 0 Å². The van der Waals surface area contributed by atoms with Gasteiger partial charge in [0.2, 0.25) is 0 Å². The van der Waals surface area contributed by atoms with Gasteiger partial charge >= 0.3 is 6.18 Å². The Kier molecular flexibility index (Phi) is 5.20. The lowest BCUT2D eigenvalue weighted by atomic mass is 10.1. The Morgan fingerprint density at radius 2 is 1.77 bits per heavy atom. The third-order valence-corrected chi connectivity index (χ3v) is 3.11. The van der Waals surface area contributed by atoms with Gasteiger partial charge in [0.15, 0.2) is 0 Å². The fourth-order valence-corrected chi connectivity index (χ4v) is 2.05. The van der Waals surface area contributed by atoms with E-state index in [2.05, 4.69) is 0 Å². The number of aryl methyl sites for hydroxylation is 1. The third-order valence-electron chi connectivity index (χ3n) is 3.11. The van der Waals surface area contributed by atoms with Crippen LogP contribution >= 0.6 is 0 Å². The second-order valence-corrected chi connectivity index (χ2v) is 4.84. The lowest BCUT2D eigenvalue weighted by Crippen LogP contribution is -2.07. The highest BCUT2D eigenvalue weighted by Gasteiger charge is 2.31. The predicted octanol–water partition coefficient (Wildman–Crippen LogP) is 4.53. The van der Waals surface area contributed by atoms with E-state index < -0.39 is 11.7 Å². The van der Waals surface area contributed by atoms with Gasteiger partial charge < -0.3 is 4.74 Å². The molecule has 0 bridgehead atoms. The minimum absolute atomic E-state index is 0.0483. The summed E-state index contributed by atoms with van der Waals surface area (Å²) in [6.45, 7) is 0.286. The van der Waals surface area contributed by atoms with Crippen molar-refractivity contribution in [2.45, 2.75) is 19.0 Å². The van der Waals surface area contributed by atoms with Crippen molar-refractivity contribution in [3.8, 4) is 5.75 Å². The molecule has 22 heavy (non-hydrogen) atoms. The van der Waals surface area contributed by atoms with Crippen LogP contribution in [-0.2, 0) is 12.6 Å². The monoisotopic (exact) mass is 308 g/mol. The minimum atomic E-state index is -4.50.